The van der Waals surface area contributed by atoms with Crippen LogP contribution in [0.2, 0.25) is 0 Å². The average Bonchev–Trinajstić information content (AvgIpc) is 2.23. The summed E-state index contributed by atoms with van der Waals surface area (Å²) in [7, 11) is 0. The first-order chi connectivity index (χ1) is 9.11. The lowest BCUT2D eigenvalue weighted by Crippen LogP contribution is -2.57. The van der Waals surface area contributed by atoms with Gasteiger partial charge in [0.25, 0.3) is 0 Å². The number of anilines is 1. The van der Waals surface area contributed by atoms with Crippen molar-refractivity contribution in [2.75, 3.05) is 18.0 Å². The van der Waals surface area contributed by atoms with Gasteiger partial charge in [-0.25, -0.2) is 4.39 Å². The Labute approximate surface area is 120 Å². The summed E-state index contributed by atoms with van der Waals surface area (Å²) < 4.78 is 20.3. The highest BCUT2D eigenvalue weighted by Gasteiger charge is 2.39. The number of para-hydroxylation sites is 1. The third-order valence-electron chi connectivity index (χ3n) is 3.48. The maximum absolute atomic E-state index is 14.3. The number of benzene rings is 1. The van der Waals surface area contributed by atoms with Crippen molar-refractivity contribution in [3.63, 3.8) is 0 Å². The summed E-state index contributed by atoms with van der Waals surface area (Å²) in [4.78, 5) is 1.99. The first-order valence-electron chi connectivity index (χ1n) is 7.03. The Morgan fingerprint density at radius 3 is 2.25 bits per heavy atom. The molecule has 0 bridgehead atoms. The van der Waals surface area contributed by atoms with Crippen molar-refractivity contribution in [3.8, 4) is 0 Å². The molecule has 0 aromatic heterocycles. The highest BCUT2D eigenvalue weighted by atomic mass is 19.1. The Morgan fingerprint density at radius 1 is 1.20 bits per heavy atom. The largest absolute Gasteiger partial charge is 0.389 e. The van der Waals surface area contributed by atoms with Crippen molar-refractivity contribution in [3.05, 3.63) is 29.6 Å². The average molecular weight is 281 g/mol. The molecule has 4 heteroatoms. The lowest BCUT2D eigenvalue weighted by Gasteiger charge is -2.48. The molecule has 1 N–H and O–H groups in total. The van der Waals surface area contributed by atoms with Crippen LogP contribution in [0.3, 0.4) is 0 Å². The van der Waals surface area contributed by atoms with Gasteiger partial charge in [0.2, 0.25) is 0 Å². The van der Waals surface area contributed by atoms with Crippen LogP contribution in [0.4, 0.5) is 10.1 Å². The number of aliphatic hydroxyl groups is 1. The Kier molecular flexibility index (Phi) is 3.82. The van der Waals surface area contributed by atoms with Crippen LogP contribution in [0.1, 0.15) is 46.3 Å². The van der Waals surface area contributed by atoms with Crippen molar-refractivity contribution in [1.82, 2.24) is 0 Å². The SMILES string of the molecule is C[C@H](O)c1cccc(F)c1N1CC(C)(C)OC(C)(C)C1. The van der Waals surface area contributed by atoms with Crippen LogP contribution in [-0.2, 0) is 4.74 Å². The van der Waals surface area contributed by atoms with E-state index < -0.39 is 6.10 Å². The highest BCUT2D eigenvalue weighted by Crippen LogP contribution is 2.36. The quantitative estimate of drug-likeness (QED) is 0.903. The van der Waals surface area contributed by atoms with Gasteiger partial charge in [0.05, 0.1) is 23.0 Å². The predicted octanol–water partition coefficient (Wildman–Crippen LogP) is 3.27. The molecular weight excluding hydrogens is 257 g/mol. The standard InChI is InChI=1S/C16H24FNO2/c1-11(19)12-7-6-8-13(17)14(12)18-9-15(2,3)20-16(4,5)10-18/h6-8,11,19H,9-10H2,1-5H3/t11-/m0/s1. The van der Waals surface area contributed by atoms with Gasteiger partial charge in [-0.1, -0.05) is 12.1 Å². The van der Waals surface area contributed by atoms with Gasteiger partial charge < -0.3 is 14.7 Å². The second-order valence-electron chi connectivity index (χ2n) is 6.83. The van der Waals surface area contributed by atoms with E-state index in [0.29, 0.717) is 24.3 Å². The van der Waals surface area contributed by atoms with Crippen LogP contribution < -0.4 is 4.90 Å². The van der Waals surface area contributed by atoms with Gasteiger partial charge in [0, 0.05) is 18.7 Å². The molecular formula is C16H24FNO2. The van der Waals surface area contributed by atoms with Crippen molar-refractivity contribution >= 4 is 5.69 Å². The molecule has 0 amide bonds. The highest BCUT2D eigenvalue weighted by molar-refractivity contribution is 5.56. The number of morpholine rings is 1. The third kappa shape index (κ3) is 3.13. The van der Waals surface area contributed by atoms with Gasteiger partial charge in [-0.3, -0.25) is 0 Å². The molecule has 1 atom stereocenters. The molecule has 0 saturated carbocycles. The topological polar surface area (TPSA) is 32.7 Å². The predicted molar refractivity (Wildman–Crippen MR) is 78.5 cm³/mol. The van der Waals surface area contributed by atoms with Crippen molar-refractivity contribution in [2.24, 2.45) is 0 Å². The Morgan fingerprint density at radius 2 is 1.75 bits per heavy atom. The molecule has 0 unspecified atom stereocenters. The third-order valence-corrected chi connectivity index (χ3v) is 3.48. The molecule has 1 aromatic rings. The maximum atomic E-state index is 14.3. The van der Waals surface area contributed by atoms with E-state index in [2.05, 4.69) is 0 Å². The second-order valence-corrected chi connectivity index (χ2v) is 6.83. The van der Waals surface area contributed by atoms with Gasteiger partial charge in [-0.15, -0.1) is 0 Å². The lowest BCUT2D eigenvalue weighted by molar-refractivity contribution is -0.133. The molecule has 20 heavy (non-hydrogen) atoms. The number of nitrogens with zero attached hydrogens (tertiary/aromatic N) is 1. The van der Waals surface area contributed by atoms with Gasteiger partial charge in [0.15, 0.2) is 0 Å². The van der Waals surface area contributed by atoms with Crippen molar-refractivity contribution in [2.45, 2.75) is 51.9 Å². The summed E-state index contributed by atoms with van der Waals surface area (Å²) in [5.74, 6) is -0.295. The first kappa shape index (κ1) is 15.3. The summed E-state index contributed by atoms with van der Waals surface area (Å²) >= 11 is 0. The van der Waals surface area contributed by atoms with Crippen LogP contribution in [0.5, 0.6) is 0 Å². The smallest absolute Gasteiger partial charge is 0.146 e. The van der Waals surface area contributed by atoms with E-state index in [9.17, 15) is 9.50 Å². The van der Waals surface area contributed by atoms with Crippen LogP contribution in [0, 0.1) is 5.82 Å². The Balaban J connectivity index is 2.45. The second kappa shape index (κ2) is 5.01. The summed E-state index contributed by atoms with van der Waals surface area (Å²) in [6.45, 7) is 10.9. The molecule has 0 aliphatic carbocycles. The molecule has 1 saturated heterocycles. The molecule has 1 heterocycles. The van der Waals surface area contributed by atoms with Crippen LogP contribution >= 0.6 is 0 Å². The minimum Gasteiger partial charge on any atom is -0.389 e. The van der Waals surface area contributed by atoms with E-state index in [0.717, 1.165) is 0 Å². The number of aliphatic hydroxyl groups excluding tert-OH is 1. The summed E-state index contributed by atoms with van der Waals surface area (Å²) in [5, 5.41) is 9.90. The number of hydrogen-bond acceptors (Lipinski definition) is 3. The molecule has 1 aromatic carbocycles. The van der Waals surface area contributed by atoms with E-state index in [1.165, 1.54) is 6.07 Å². The monoisotopic (exact) mass is 281 g/mol. The van der Waals surface area contributed by atoms with E-state index in [1.807, 2.05) is 32.6 Å². The fourth-order valence-corrected chi connectivity index (χ4v) is 3.15. The fourth-order valence-electron chi connectivity index (χ4n) is 3.15. The molecule has 112 valence electrons. The maximum Gasteiger partial charge on any atom is 0.146 e. The zero-order valence-corrected chi connectivity index (χ0v) is 12.9. The lowest BCUT2D eigenvalue weighted by atomic mass is 9.96. The zero-order valence-electron chi connectivity index (χ0n) is 12.9. The Hall–Kier alpha value is -1.13. The van der Waals surface area contributed by atoms with Gasteiger partial charge in [-0.05, 0) is 40.7 Å². The molecule has 0 radical (unpaired) electrons. The van der Waals surface area contributed by atoms with E-state index in [4.69, 9.17) is 4.74 Å². The van der Waals surface area contributed by atoms with Gasteiger partial charge >= 0.3 is 0 Å². The van der Waals surface area contributed by atoms with Gasteiger partial charge in [-0.2, -0.15) is 0 Å². The molecule has 3 nitrogen and oxygen atoms in total. The minimum atomic E-state index is -0.699. The van der Waals surface area contributed by atoms with Crippen LogP contribution in [-0.4, -0.2) is 29.4 Å². The van der Waals surface area contributed by atoms with Crippen molar-refractivity contribution in [1.29, 1.82) is 0 Å². The fraction of sp³-hybridized carbons (Fsp3) is 0.625. The van der Waals surface area contributed by atoms with Crippen molar-refractivity contribution < 1.29 is 14.2 Å². The van der Waals surface area contributed by atoms with E-state index in [1.54, 1.807) is 19.1 Å². The Bertz CT molecular complexity index is 481. The number of halogens is 1. The summed E-state index contributed by atoms with van der Waals surface area (Å²) in [6.07, 6.45) is -0.699. The molecule has 1 aliphatic rings. The number of hydrogen-bond donors (Lipinski definition) is 1. The summed E-state index contributed by atoms with van der Waals surface area (Å²) in [6, 6.07) is 4.85. The normalized spacial score (nSPS) is 22.6. The van der Waals surface area contributed by atoms with E-state index >= 15 is 0 Å². The molecule has 0 spiro atoms. The number of rotatable bonds is 2. The van der Waals surface area contributed by atoms with Crippen LogP contribution in [0.15, 0.2) is 18.2 Å². The summed E-state index contributed by atoms with van der Waals surface area (Å²) in [5.41, 5.74) is 0.394. The molecule has 1 aliphatic heterocycles. The van der Waals surface area contributed by atoms with E-state index in [-0.39, 0.29) is 17.0 Å². The van der Waals surface area contributed by atoms with Crippen LogP contribution in [0.25, 0.3) is 0 Å². The number of ether oxygens (including phenoxy) is 1. The zero-order chi connectivity index (χ0) is 15.1. The molecule has 2 rings (SSSR count). The minimum absolute atomic E-state index is 0.295. The first-order valence-corrected chi connectivity index (χ1v) is 7.03. The van der Waals surface area contributed by atoms with Gasteiger partial charge in [0.1, 0.15) is 5.82 Å². The molecule has 1 fully saturated rings.